The number of nitrogens with two attached hydrogens (primary N) is 1. The van der Waals surface area contributed by atoms with Crippen LogP contribution in [-0.2, 0) is 0 Å². The Hall–Kier alpha value is -2.09. The van der Waals surface area contributed by atoms with E-state index in [1.165, 1.54) is 16.3 Å². The predicted molar refractivity (Wildman–Crippen MR) is 79.4 cm³/mol. The van der Waals surface area contributed by atoms with Crippen molar-refractivity contribution in [3.63, 3.8) is 0 Å². The number of nitrogens with zero attached hydrogens (tertiary/aromatic N) is 1. The van der Waals surface area contributed by atoms with Crippen molar-refractivity contribution in [1.29, 1.82) is 0 Å². The summed E-state index contributed by atoms with van der Waals surface area (Å²) < 4.78 is 0. The van der Waals surface area contributed by atoms with Crippen LogP contribution in [-0.4, -0.2) is 6.21 Å². The lowest BCUT2D eigenvalue weighted by Crippen LogP contribution is -1.88. The monoisotopic (exact) mass is 238 g/mol. The molecule has 0 aliphatic heterocycles. The number of benzene rings is 2. The molecule has 2 aromatic carbocycles. The van der Waals surface area contributed by atoms with Gasteiger partial charge in [-0.25, -0.2) is 0 Å². The fraction of sp³-hybridized carbons (Fsp3) is 0.188. The molecular weight excluding hydrogens is 220 g/mol. The van der Waals surface area contributed by atoms with Gasteiger partial charge in [0.2, 0.25) is 0 Å². The number of aryl methyl sites for hydroxylation is 1. The van der Waals surface area contributed by atoms with Crippen LogP contribution >= 0.6 is 0 Å². The average Bonchev–Trinajstić information content (AvgIpc) is 2.39. The molecule has 0 saturated carbocycles. The Bertz CT molecular complexity index is 610. The zero-order valence-corrected chi connectivity index (χ0v) is 10.9. The lowest BCUT2D eigenvalue weighted by molar-refractivity contribution is 1.17. The third-order valence-corrected chi connectivity index (χ3v) is 2.98. The number of aliphatic imine (C=N–C) groups is 1. The average molecular weight is 238 g/mol. The maximum Gasteiger partial charge on any atom is 0.0636 e. The molecule has 2 heteroatoms. The molecule has 0 unspecified atom stereocenters. The van der Waals surface area contributed by atoms with Crippen LogP contribution in [0.25, 0.3) is 10.8 Å². The van der Waals surface area contributed by atoms with E-state index in [0.29, 0.717) is 0 Å². The SMILES string of the molecule is CCC(C=Nc1ccc2ccc(C)cc2c1)=CN. The molecule has 0 aromatic heterocycles. The van der Waals surface area contributed by atoms with E-state index in [1.807, 2.05) is 12.3 Å². The molecule has 0 aliphatic rings. The summed E-state index contributed by atoms with van der Waals surface area (Å²) in [5.74, 6) is 0. The fourth-order valence-corrected chi connectivity index (χ4v) is 1.84. The number of allylic oxidation sites excluding steroid dienone is 1. The van der Waals surface area contributed by atoms with E-state index >= 15 is 0 Å². The summed E-state index contributed by atoms with van der Waals surface area (Å²) in [6.45, 7) is 4.16. The largest absolute Gasteiger partial charge is 0.404 e. The van der Waals surface area contributed by atoms with Gasteiger partial charge in [0.15, 0.2) is 0 Å². The summed E-state index contributed by atoms with van der Waals surface area (Å²) in [5.41, 5.74) is 8.77. The standard InChI is InChI=1S/C16H18N2/c1-3-13(10-17)11-18-16-7-6-14-5-4-12(2)8-15(14)9-16/h4-11H,3,17H2,1-2H3. The molecule has 0 saturated heterocycles. The molecule has 0 radical (unpaired) electrons. The van der Waals surface area contributed by atoms with Gasteiger partial charge in [0.05, 0.1) is 5.69 Å². The predicted octanol–water partition coefficient (Wildman–Crippen LogP) is 4.10. The lowest BCUT2D eigenvalue weighted by atomic mass is 10.1. The number of hydrogen-bond donors (Lipinski definition) is 1. The van der Waals surface area contributed by atoms with Crippen molar-refractivity contribution >= 4 is 22.7 Å². The van der Waals surface area contributed by atoms with Crippen LogP contribution in [0, 0.1) is 6.92 Å². The highest BCUT2D eigenvalue weighted by Crippen LogP contribution is 2.22. The minimum Gasteiger partial charge on any atom is -0.404 e. The Labute approximate surface area is 108 Å². The second kappa shape index (κ2) is 5.50. The first-order valence-corrected chi connectivity index (χ1v) is 6.18. The smallest absolute Gasteiger partial charge is 0.0636 e. The van der Waals surface area contributed by atoms with Gasteiger partial charge < -0.3 is 5.73 Å². The Balaban J connectivity index is 2.35. The van der Waals surface area contributed by atoms with Gasteiger partial charge >= 0.3 is 0 Å². The van der Waals surface area contributed by atoms with Gasteiger partial charge in [-0.2, -0.15) is 0 Å². The van der Waals surface area contributed by atoms with Crippen molar-refractivity contribution in [1.82, 2.24) is 0 Å². The Morgan fingerprint density at radius 1 is 1.17 bits per heavy atom. The summed E-state index contributed by atoms with van der Waals surface area (Å²) in [4.78, 5) is 4.45. The molecule has 18 heavy (non-hydrogen) atoms. The van der Waals surface area contributed by atoms with Gasteiger partial charge in [-0.15, -0.1) is 0 Å². The highest BCUT2D eigenvalue weighted by molar-refractivity contribution is 5.87. The second-order valence-corrected chi connectivity index (χ2v) is 4.39. The van der Waals surface area contributed by atoms with Crippen LogP contribution in [0.5, 0.6) is 0 Å². The number of hydrogen-bond acceptors (Lipinski definition) is 2. The third kappa shape index (κ3) is 2.77. The number of fused-ring (bicyclic) bond motifs is 1. The van der Waals surface area contributed by atoms with Gasteiger partial charge in [0.1, 0.15) is 0 Å². The molecule has 2 nitrogen and oxygen atoms in total. The minimum absolute atomic E-state index is 0.896. The molecule has 0 aliphatic carbocycles. The highest BCUT2D eigenvalue weighted by Gasteiger charge is 1.96. The van der Waals surface area contributed by atoms with Crippen LogP contribution in [0.3, 0.4) is 0 Å². The van der Waals surface area contributed by atoms with Gasteiger partial charge in [0.25, 0.3) is 0 Å². The molecule has 2 aromatic rings. The molecule has 2 N–H and O–H groups in total. The van der Waals surface area contributed by atoms with Crippen molar-refractivity contribution in [2.45, 2.75) is 20.3 Å². The van der Waals surface area contributed by atoms with E-state index in [0.717, 1.165) is 17.7 Å². The Kier molecular flexibility index (Phi) is 3.78. The van der Waals surface area contributed by atoms with Crippen LogP contribution in [0.4, 0.5) is 5.69 Å². The van der Waals surface area contributed by atoms with Crippen LogP contribution < -0.4 is 5.73 Å². The molecule has 0 bridgehead atoms. The topological polar surface area (TPSA) is 38.4 Å². The first-order valence-electron chi connectivity index (χ1n) is 6.18. The second-order valence-electron chi connectivity index (χ2n) is 4.39. The summed E-state index contributed by atoms with van der Waals surface area (Å²) in [7, 11) is 0. The molecule has 0 atom stereocenters. The van der Waals surface area contributed by atoms with Crippen molar-refractivity contribution in [2.75, 3.05) is 0 Å². The maximum atomic E-state index is 5.50. The van der Waals surface area contributed by atoms with Crippen molar-refractivity contribution in [3.05, 3.63) is 53.7 Å². The fourth-order valence-electron chi connectivity index (χ4n) is 1.84. The zero-order chi connectivity index (χ0) is 13.0. The first-order chi connectivity index (χ1) is 8.72. The van der Waals surface area contributed by atoms with Gasteiger partial charge in [-0.3, -0.25) is 4.99 Å². The Morgan fingerprint density at radius 2 is 1.94 bits per heavy atom. The minimum atomic E-state index is 0.896. The van der Waals surface area contributed by atoms with E-state index < -0.39 is 0 Å². The van der Waals surface area contributed by atoms with Crippen molar-refractivity contribution in [2.24, 2.45) is 10.7 Å². The molecule has 0 spiro atoms. The van der Waals surface area contributed by atoms with Crippen molar-refractivity contribution < 1.29 is 0 Å². The van der Waals surface area contributed by atoms with E-state index in [-0.39, 0.29) is 0 Å². The van der Waals surface area contributed by atoms with Crippen LogP contribution in [0.2, 0.25) is 0 Å². The summed E-state index contributed by atoms with van der Waals surface area (Å²) in [6.07, 6.45) is 4.33. The van der Waals surface area contributed by atoms with Crippen LogP contribution in [0.1, 0.15) is 18.9 Å². The van der Waals surface area contributed by atoms with E-state index in [2.05, 4.69) is 49.2 Å². The van der Waals surface area contributed by atoms with E-state index in [4.69, 9.17) is 5.73 Å². The van der Waals surface area contributed by atoms with Crippen LogP contribution in [0.15, 0.2) is 53.2 Å². The quantitative estimate of drug-likeness (QED) is 0.803. The van der Waals surface area contributed by atoms with Gasteiger partial charge in [-0.05, 0) is 48.0 Å². The first kappa shape index (κ1) is 12.4. The highest BCUT2D eigenvalue weighted by atomic mass is 14.7. The summed E-state index contributed by atoms with van der Waals surface area (Å²) in [6, 6.07) is 12.7. The van der Waals surface area contributed by atoms with Gasteiger partial charge in [-0.1, -0.05) is 36.8 Å². The van der Waals surface area contributed by atoms with Gasteiger partial charge in [0, 0.05) is 6.21 Å². The van der Waals surface area contributed by atoms with E-state index in [9.17, 15) is 0 Å². The maximum absolute atomic E-state index is 5.50. The van der Waals surface area contributed by atoms with Crippen molar-refractivity contribution in [3.8, 4) is 0 Å². The third-order valence-electron chi connectivity index (χ3n) is 2.98. The molecule has 0 amide bonds. The molecule has 2 rings (SSSR count). The normalized spacial score (nSPS) is 12.4. The molecular formula is C16H18N2. The van der Waals surface area contributed by atoms with E-state index in [1.54, 1.807) is 6.20 Å². The summed E-state index contributed by atoms with van der Waals surface area (Å²) >= 11 is 0. The lowest BCUT2D eigenvalue weighted by Gasteiger charge is -2.01. The number of rotatable bonds is 3. The molecule has 92 valence electrons. The Morgan fingerprint density at radius 3 is 2.67 bits per heavy atom. The molecule has 0 heterocycles. The molecule has 0 fully saturated rings. The zero-order valence-electron chi connectivity index (χ0n) is 10.9. The summed E-state index contributed by atoms with van der Waals surface area (Å²) in [5, 5.41) is 2.46.